The number of anilines is 3. The van der Waals surface area contributed by atoms with Crippen molar-refractivity contribution in [2.75, 3.05) is 11.1 Å². The van der Waals surface area contributed by atoms with Gasteiger partial charge in [-0.3, -0.25) is 0 Å². The summed E-state index contributed by atoms with van der Waals surface area (Å²) in [6.45, 7) is 0. The molecule has 0 spiro atoms. The zero-order chi connectivity index (χ0) is 12.4. The fourth-order valence-electron chi connectivity index (χ4n) is 1.28. The average Bonchev–Trinajstić information content (AvgIpc) is 2.27. The van der Waals surface area contributed by atoms with E-state index in [1.165, 1.54) is 6.20 Å². The summed E-state index contributed by atoms with van der Waals surface area (Å²) in [5, 5.41) is 4.58. The summed E-state index contributed by atoms with van der Waals surface area (Å²) >= 11 is 17.6. The predicted octanol–water partition coefficient (Wildman–Crippen LogP) is 4.37. The summed E-state index contributed by atoms with van der Waals surface area (Å²) in [6, 6.07) is 6.70. The smallest absolute Gasteiger partial charge is 0.153 e. The SMILES string of the molecule is Nc1cc(Cl)cnc1Nc1cc(Cl)ccc1Cl. The topological polar surface area (TPSA) is 50.9 Å². The molecule has 0 saturated heterocycles. The molecule has 0 aliphatic carbocycles. The van der Waals surface area contributed by atoms with Crippen LogP contribution in [0.5, 0.6) is 0 Å². The molecule has 0 aliphatic rings. The van der Waals surface area contributed by atoms with Gasteiger partial charge in [-0.15, -0.1) is 0 Å². The van der Waals surface area contributed by atoms with Crippen LogP contribution in [0.3, 0.4) is 0 Å². The number of hydrogen-bond donors (Lipinski definition) is 2. The number of nitrogen functional groups attached to an aromatic ring is 1. The second-order valence-electron chi connectivity index (χ2n) is 3.34. The summed E-state index contributed by atoms with van der Waals surface area (Å²) in [7, 11) is 0. The Morgan fingerprint density at radius 3 is 2.53 bits per heavy atom. The minimum atomic E-state index is 0.438. The normalized spacial score (nSPS) is 10.3. The molecule has 6 heteroatoms. The molecule has 0 fully saturated rings. The maximum absolute atomic E-state index is 6.01. The molecule has 88 valence electrons. The molecule has 0 radical (unpaired) electrons. The van der Waals surface area contributed by atoms with Crippen molar-refractivity contribution in [3.63, 3.8) is 0 Å². The summed E-state index contributed by atoms with van der Waals surface area (Å²) in [6.07, 6.45) is 1.50. The van der Waals surface area contributed by atoms with Crippen molar-refractivity contribution in [3.05, 3.63) is 45.5 Å². The molecule has 2 aromatic rings. The second-order valence-corrected chi connectivity index (χ2v) is 4.62. The molecule has 0 bridgehead atoms. The lowest BCUT2D eigenvalue weighted by atomic mass is 10.3. The van der Waals surface area contributed by atoms with Crippen molar-refractivity contribution in [3.8, 4) is 0 Å². The Balaban J connectivity index is 2.34. The molecule has 1 heterocycles. The highest BCUT2D eigenvalue weighted by Gasteiger charge is 2.06. The maximum Gasteiger partial charge on any atom is 0.153 e. The van der Waals surface area contributed by atoms with E-state index in [4.69, 9.17) is 40.5 Å². The van der Waals surface area contributed by atoms with Gasteiger partial charge in [0.25, 0.3) is 0 Å². The Hall–Kier alpha value is -1.16. The van der Waals surface area contributed by atoms with E-state index in [0.717, 1.165) is 0 Å². The first-order valence-electron chi connectivity index (χ1n) is 4.69. The van der Waals surface area contributed by atoms with E-state index in [1.807, 2.05) is 0 Å². The van der Waals surface area contributed by atoms with E-state index in [2.05, 4.69) is 10.3 Å². The number of nitrogens with zero attached hydrogens (tertiary/aromatic N) is 1. The van der Waals surface area contributed by atoms with Crippen LogP contribution in [0, 0.1) is 0 Å². The fourth-order valence-corrected chi connectivity index (χ4v) is 1.78. The van der Waals surface area contributed by atoms with Gasteiger partial charge in [-0.2, -0.15) is 0 Å². The number of pyridine rings is 1. The molecule has 0 atom stereocenters. The van der Waals surface area contributed by atoms with Crippen molar-refractivity contribution >= 4 is 52.0 Å². The number of halogens is 3. The van der Waals surface area contributed by atoms with Gasteiger partial charge in [0.05, 0.1) is 21.4 Å². The first-order valence-corrected chi connectivity index (χ1v) is 5.83. The van der Waals surface area contributed by atoms with Gasteiger partial charge in [0.1, 0.15) is 0 Å². The third-order valence-electron chi connectivity index (χ3n) is 2.07. The van der Waals surface area contributed by atoms with Crippen molar-refractivity contribution in [1.82, 2.24) is 4.98 Å². The fraction of sp³-hybridized carbons (Fsp3) is 0. The van der Waals surface area contributed by atoms with Crippen LogP contribution in [0.25, 0.3) is 0 Å². The Morgan fingerprint density at radius 2 is 1.82 bits per heavy atom. The van der Waals surface area contributed by atoms with Gasteiger partial charge in [-0.25, -0.2) is 4.98 Å². The number of hydrogen-bond acceptors (Lipinski definition) is 3. The maximum atomic E-state index is 6.01. The predicted molar refractivity (Wildman–Crippen MR) is 73.4 cm³/mol. The highest BCUT2D eigenvalue weighted by molar-refractivity contribution is 6.35. The van der Waals surface area contributed by atoms with Crippen LogP contribution in [0.15, 0.2) is 30.5 Å². The monoisotopic (exact) mass is 287 g/mol. The van der Waals surface area contributed by atoms with Crippen molar-refractivity contribution in [1.29, 1.82) is 0 Å². The first-order chi connectivity index (χ1) is 8.06. The van der Waals surface area contributed by atoms with Crippen LogP contribution in [-0.4, -0.2) is 4.98 Å². The quantitative estimate of drug-likeness (QED) is 0.863. The van der Waals surface area contributed by atoms with E-state index >= 15 is 0 Å². The molecule has 0 amide bonds. The second kappa shape index (κ2) is 5.00. The van der Waals surface area contributed by atoms with E-state index in [9.17, 15) is 0 Å². The minimum Gasteiger partial charge on any atom is -0.396 e. The third-order valence-corrected chi connectivity index (χ3v) is 2.84. The number of rotatable bonds is 2. The average molecular weight is 289 g/mol. The molecule has 3 N–H and O–H groups in total. The summed E-state index contributed by atoms with van der Waals surface area (Å²) in [5.74, 6) is 0.485. The Morgan fingerprint density at radius 1 is 1.06 bits per heavy atom. The lowest BCUT2D eigenvalue weighted by Gasteiger charge is -2.10. The zero-order valence-corrected chi connectivity index (χ0v) is 10.8. The van der Waals surface area contributed by atoms with E-state index in [0.29, 0.717) is 32.3 Å². The van der Waals surface area contributed by atoms with E-state index in [1.54, 1.807) is 24.3 Å². The molecular formula is C11H8Cl3N3. The number of benzene rings is 1. The standard InChI is InChI=1S/C11H8Cl3N3/c12-6-1-2-8(14)10(4-6)17-11-9(15)3-7(13)5-16-11/h1-5H,15H2,(H,16,17). The molecular weight excluding hydrogens is 281 g/mol. The summed E-state index contributed by atoms with van der Waals surface area (Å²) in [4.78, 5) is 4.07. The molecule has 2 rings (SSSR count). The van der Waals surface area contributed by atoms with Gasteiger partial charge in [0.15, 0.2) is 5.82 Å². The molecule has 0 unspecified atom stereocenters. The summed E-state index contributed by atoms with van der Waals surface area (Å²) in [5.41, 5.74) is 6.85. The highest BCUT2D eigenvalue weighted by atomic mass is 35.5. The molecule has 17 heavy (non-hydrogen) atoms. The largest absolute Gasteiger partial charge is 0.396 e. The third kappa shape index (κ3) is 2.94. The Kier molecular flexibility index (Phi) is 3.62. The van der Waals surface area contributed by atoms with Crippen LogP contribution in [0.4, 0.5) is 17.2 Å². The molecule has 3 nitrogen and oxygen atoms in total. The minimum absolute atomic E-state index is 0.438. The molecule has 1 aromatic heterocycles. The van der Waals surface area contributed by atoms with Crippen LogP contribution in [0.1, 0.15) is 0 Å². The van der Waals surface area contributed by atoms with Crippen LogP contribution < -0.4 is 11.1 Å². The van der Waals surface area contributed by atoms with Crippen LogP contribution in [0.2, 0.25) is 15.1 Å². The van der Waals surface area contributed by atoms with Gasteiger partial charge in [0, 0.05) is 11.2 Å². The molecule has 0 saturated carbocycles. The Bertz CT molecular complexity index is 558. The lowest BCUT2D eigenvalue weighted by Crippen LogP contribution is -1.99. The van der Waals surface area contributed by atoms with Gasteiger partial charge in [-0.1, -0.05) is 34.8 Å². The Labute approximate surface area is 114 Å². The summed E-state index contributed by atoms with van der Waals surface area (Å²) < 4.78 is 0. The number of aromatic nitrogens is 1. The van der Waals surface area contributed by atoms with Crippen molar-refractivity contribution in [2.24, 2.45) is 0 Å². The first kappa shape index (κ1) is 12.3. The number of nitrogens with one attached hydrogen (secondary N) is 1. The van der Waals surface area contributed by atoms with Gasteiger partial charge >= 0.3 is 0 Å². The zero-order valence-electron chi connectivity index (χ0n) is 8.55. The van der Waals surface area contributed by atoms with Gasteiger partial charge in [0.2, 0.25) is 0 Å². The van der Waals surface area contributed by atoms with Crippen molar-refractivity contribution < 1.29 is 0 Å². The number of nitrogens with two attached hydrogens (primary N) is 1. The van der Waals surface area contributed by atoms with E-state index in [-0.39, 0.29) is 0 Å². The van der Waals surface area contributed by atoms with Crippen LogP contribution in [-0.2, 0) is 0 Å². The van der Waals surface area contributed by atoms with Crippen LogP contribution >= 0.6 is 34.8 Å². The van der Waals surface area contributed by atoms with E-state index < -0.39 is 0 Å². The lowest BCUT2D eigenvalue weighted by molar-refractivity contribution is 1.31. The molecule has 0 aliphatic heterocycles. The van der Waals surface area contributed by atoms with Gasteiger partial charge in [-0.05, 0) is 24.3 Å². The highest BCUT2D eigenvalue weighted by Crippen LogP contribution is 2.30. The molecule has 1 aromatic carbocycles. The van der Waals surface area contributed by atoms with Crippen molar-refractivity contribution in [2.45, 2.75) is 0 Å². The van der Waals surface area contributed by atoms with Gasteiger partial charge < -0.3 is 11.1 Å².